The molecule has 0 spiro atoms. The van der Waals surface area contributed by atoms with Gasteiger partial charge in [0.15, 0.2) is 5.78 Å². The number of Topliss-reactive ketones (excluding diaryl/α,β-unsaturated/α-hetero) is 1. The second kappa shape index (κ2) is 9.13. The molecule has 0 saturated heterocycles. The van der Waals surface area contributed by atoms with E-state index < -0.39 is 11.9 Å². The number of hydrogen-bond acceptors (Lipinski definition) is 9. The molecule has 2 aromatic rings. The van der Waals surface area contributed by atoms with Crippen LogP contribution in [0.2, 0.25) is 0 Å². The van der Waals surface area contributed by atoms with E-state index in [-0.39, 0.29) is 41.4 Å². The molecule has 0 atom stereocenters. The standard InChI is InChI=1S/C23H31N7O4/c1-12-19-16(8-23(2,3)9-17(19)31)30(29-12)22-26-11-15(20(25)33)21(28-22)27-13-4-6-14(7-5-13)34-18(32)10-24/h11,13-14H,4-10,24H2,1-3H3,(H2,25,33)(H,26,27,28). The number of fused-ring (bicyclic) bond motifs is 1. The summed E-state index contributed by atoms with van der Waals surface area (Å²) in [5, 5.41) is 7.87. The quantitative estimate of drug-likeness (QED) is 0.530. The summed E-state index contributed by atoms with van der Waals surface area (Å²) in [4.78, 5) is 45.2. The molecule has 0 bridgehead atoms. The van der Waals surface area contributed by atoms with E-state index in [1.54, 1.807) is 11.6 Å². The van der Waals surface area contributed by atoms with E-state index in [2.05, 4.69) is 20.4 Å². The van der Waals surface area contributed by atoms with E-state index in [1.807, 2.05) is 13.8 Å². The highest BCUT2D eigenvalue weighted by Gasteiger charge is 2.36. The normalized spacial score (nSPS) is 21.6. The van der Waals surface area contributed by atoms with Crippen molar-refractivity contribution in [3.63, 3.8) is 0 Å². The third-order valence-corrected chi connectivity index (χ3v) is 6.43. The fraction of sp³-hybridized carbons (Fsp3) is 0.565. The van der Waals surface area contributed by atoms with Gasteiger partial charge in [-0.2, -0.15) is 10.1 Å². The predicted octanol–water partition coefficient (Wildman–Crippen LogP) is 1.45. The van der Waals surface area contributed by atoms with Gasteiger partial charge in [0, 0.05) is 18.7 Å². The first-order valence-corrected chi connectivity index (χ1v) is 11.5. The van der Waals surface area contributed by atoms with Crippen molar-refractivity contribution in [2.75, 3.05) is 11.9 Å². The largest absolute Gasteiger partial charge is 0.461 e. The van der Waals surface area contributed by atoms with Gasteiger partial charge in [-0.15, -0.1) is 0 Å². The average Bonchev–Trinajstić information content (AvgIpc) is 3.09. The SMILES string of the molecule is Cc1nn(-c2ncc(C(N)=O)c(NC3CCC(OC(=O)CN)CC3)n2)c2c1C(=O)CC(C)(C)C2. The number of carbonyl (C=O) groups excluding carboxylic acids is 3. The van der Waals surface area contributed by atoms with Crippen LogP contribution in [0.15, 0.2) is 6.20 Å². The number of anilines is 1. The molecule has 4 rings (SSSR count). The lowest BCUT2D eigenvalue weighted by molar-refractivity contribution is -0.148. The van der Waals surface area contributed by atoms with Crippen molar-refractivity contribution < 1.29 is 19.1 Å². The van der Waals surface area contributed by atoms with Crippen molar-refractivity contribution in [3.8, 4) is 5.95 Å². The lowest BCUT2D eigenvalue weighted by Crippen LogP contribution is -2.33. The number of amides is 1. The van der Waals surface area contributed by atoms with Crippen LogP contribution in [-0.2, 0) is 16.0 Å². The molecule has 34 heavy (non-hydrogen) atoms. The molecule has 2 heterocycles. The smallest absolute Gasteiger partial charge is 0.319 e. The number of rotatable bonds is 6. The number of ether oxygens (including phenoxy) is 1. The highest BCUT2D eigenvalue weighted by molar-refractivity contribution is 6.00. The number of nitrogens with two attached hydrogens (primary N) is 2. The Balaban J connectivity index is 1.60. The summed E-state index contributed by atoms with van der Waals surface area (Å²) in [6.45, 7) is 5.76. The van der Waals surface area contributed by atoms with Gasteiger partial charge in [0.25, 0.3) is 11.9 Å². The Kier molecular flexibility index (Phi) is 6.39. The Labute approximate surface area is 197 Å². The minimum absolute atomic E-state index is 0.0162. The van der Waals surface area contributed by atoms with Crippen LogP contribution < -0.4 is 16.8 Å². The van der Waals surface area contributed by atoms with E-state index in [9.17, 15) is 14.4 Å². The van der Waals surface area contributed by atoms with Gasteiger partial charge in [0.1, 0.15) is 11.9 Å². The van der Waals surface area contributed by atoms with Crippen LogP contribution in [0, 0.1) is 12.3 Å². The van der Waals surface area contributed by atoms with Crippen LogP contribution in [0.5, 0.6) is 0 Å². The second-order valence-corrected chi connectivity index (χ2v) is 9.87. The highest BCUT2D eigenvalue weighted by Crippen LogP contribution is 2.36. The number of ketones is 1. The number of primary amides is 1. The molecule has 2 aliphatic rings. The Morgan fingerprint density at radius 2 is 1.94 bits per heavy atom. The van der Waals surface area contributed by atoms with Gasteiger partial charge in [-0.25, -0.2) is 9.67 Å². The first kappa shape index (κ1) is 23.8. The number of nitrogens with one attached hydrogen (secondary N) is 1. The van der Waals surface area contributed by atoms with Gasteiger partial charge in [-0.3, -0.25) is 14.4 Å². The maximum Gasteiger partial charge on any atom is 0.319 e. The molecule has 1 amide bonds. The van der Waals surface area contributed by atoms with Crippen molar-refractivity contribution in [1.29, 1.82) is 0 Å². The topological polar surface area (TPSA) is 168 Å². The van der Waals surface area contributed by atoms with Crippen LogP contribution in [-0.4, -0.2) is 56.1 Å². The molecule has 1 fully saturated rings. The third-order valence-electron chi connectivity index (χ3n) is 6.43. The Hall–Kier alpha value is -3.34. The van der Waals surface area contributed by atoms with Crippen LogP contribution >= 0.6 is 0 Å². The van der Waals surface area contributed by atoms with Gasteiger partial charge in [0.2, 0.25) is 0 Å². The van der Waals surface area contributed by atoms with Crippen LogP contribution in [0.25, 0.3) is 5.95 Å². The summed E-state index contributed by atoms with van der Waals surface area (Å²) in [5.74, 6) is -0.396. The minimum atomic E-state index is -0.644. The molecule has 11 heteroatoms. The maximum absolute atomic E-state index is 12.7. The molecule has 0 aliphatic heterocycles. The molecule has 182 valence electrons. The Bertz CT molecular complexity index is 1130. The van der Waals surface area contributed by atoms with Crippen LogP contribution in [0.3, 0.4) is 0 Å². The first-order chi connectivity index (χ1) is 16.1. The molecule has 5 N–H and O–H groups in total. The molecular formula is C23H31N7O4. The minimum Gasteiger partial charge on any atom is -0.461 e. The van der Waals surface area contributed by atoms with E-state index in [0.29, 0.717) is 42.8 Å². The van der Waals surface area contributed by atoms with Crippen LogP contribution in [0.1, 0.15) is 78.1 Å². The summed E-state index contributed by atoms with van der Waals surface area (Å²) < 4.78 is 6.93. The number of esters is 1. The summed E-state index contributed by atoms with van der Waals surface area (Å²) in [7, 11) is 0. The molecule has 0 unspecified atom stereocenters. The fourth-order valence-corrected chi connectivity index (χ4v) is 4.82. The maximum atomic E-state index is 12.7. The van der Waals surface area contributed by atoms with Crippen molar-refractivity contribution in [1.82, 2.24) is 19.7 Å². The number of hydrogen-bond donors (Lipinski definition) is 3. The van der Waals surface area contributed by atoms with E-state index >= 15 is 0 Å². The predicted molar refractivity (Wildman–Crippen MR) is 124 cm³/mol. The van der Waals surface area contributed by atoms with Gasteiger partial charge < -0.3 is 21.5 Å². The lowest BCUT2D eigenvalue weighted by Gasteiger charge is -2.30. The number of carbonyl (C=O) groups is 3. The number of nitrogens with zero attached hydrogens (tertiary/aromatic N) is 4. The molecule has 1 saturated carbocycles. The average molecular weight is 470 g/mol. The molecule has 2 aromatic heterocycles. The molecule has 2 aliphatic carbocycles. The summed E-state index contributed by atoms with van der Waals surface area (Å²) in [5.41, 5.74) is 12.9. The number of aromatic nitrogens is 4. The molecule has 11 nitrogen and oxygen atoms in total. The third kappa shape index (κ3) is 4.79. The Morgan fingerprint density at radius 3 is 2.59 bits per heavy atom. The zero-order chi connectivity index (χ0) is 24.6. The van der Waals surface area contributed by atoms with Gasteiger partial charge >= 0.3 is 5.97 Å². The van der Waals surface area contributed by atoms with Gasteiger partial charge in [0.05, 0.1) is 29.1 Å². The summed E-state index contributed by atoms with van der Waals surface area (Å²) >= 11 is 0. The molecular weight excluding hydrogens is 438 g/mol. The molecule has 0 radical (unpaired) electrons. The first-order valence-electron chi connectivity index (χ1n) is 11.5. The zero-order valence-corrected chi connectivity index (χ0v) is 19.8. The lowest BCUT2D eigenvalue weighted by atomic mass is 9.75. The van der Waals surface area contributed by atoms with E-state index in [4.69, 9.17) is 16.2 Å². The van der Waals surface area contributed by atoms with E-state index in [0.717, 1.165) is 18.5 Å². The van der Waals surface area contributed by atoms with E-state index in [1.165, 1.54) is 6.20 Å². The van der Waals surface area contributed by atoms with Crippen molar-refractivity contribution in [3.05, 3.63) is 28.7 Å². The number of aryl methyl sites for hydroxylation is 1. The van der Waals surface area contributed by atoms with Gasteiger partial charge in [-0.05, 0) is 44.4 Å². The molecule has 0 aromatic carbocycles. The van der Waals surface area contributed by atoms with Crippen molar-refractivity contribution >= 4 is 23.5 Å². The van der Waals surface area contributed by atoms with Gasteiger partial charge in [-0.1, -0.05) is 13.8 Å². The summed E-state index contributed by atoms with van der Waals surface area (Å²) in [6.07, 6.45) is 5.14. The monoisotopic (exact) mass is 469 g/mol. The fourth-order valence-electron chi connectivity index (χ4n) is 4.82. The summed E-state index contributed by atoms with van der Waals surface area (Å²) in [6, 6.07) is 0.0162. The zero-order valence-electron chi connectivity index (χ0n) is 19.8. The van der Waals surface area contributed by atoms with Crippen molar-refractivity contribution in [2.24, 2.45) is 16.9 Å². The van der Waals surface area contributed by atoms with Crippen molar-refractivity contribution in [2.45, 2.75) is 71.4 Å². The second-order valence-electron chi connectivity index (χ2n) is 9.87. The van der Waals surface area contributed by atoms with Crippen LogP contribution in [0.4, 0.5) is 5.82 Å². The highest BCUT2D eigenvalue weighted by atomic mass is 16.5. The Morgan fingerprint density at radius 1 is 1.24 bits per heavy atom.